The molecule has 194 valence electrons. The highest BCUT2D eigenvalue weighted by Crippen LogP contribution is 2.52. The number of fused-ring (bicyclic) bond motifs is 2. The lowest BCUT2D eigenvalue weighted by molar-refractivity contribution is -0.140. The van der Waals surface area contributed by atoms with Gasteiger partial charge in [0.1, 0.15) is 16.4 Å². The van der Waals surface area contributed by atoms with Gasteiger partial charge in [-0.2, -0.15) is 0 Å². The van der Waals surface area contributed by atoms with E-state index in [2.05, 4.69) is 38.7 Å². The number of thiocarbonyl (C=S) groups is 1. The minimum atomic E-state index is -1.13. The van der Waals surface area contributed by atoms with E-state index in [0.717, 1.165) is 59.1 Å². The number of carbonyl (C=O) groups is 2. The first kappa shape index (κ1) is 25.7. The predicted molar refractivity (Wildman–Crippen MR) is 151 cm³/mol. The summed E-state index contributed by atoms with van der Waals surface area (Å²) in [4.78, 5) is 40.6. The molecule has 0 saturated carbocycles. The molecule has 1 fully saturated rings. The van der Waals surface area contributed by atoms with Gasteiger partial charge in [-0.15, -0.1) is 0 Å². The second-order valence-corrected chi connectivity index (χ2v) is 12.9. The van der Waals surface area contributed by atoms with E-state index in [1.807, 2.05) is 6.92 Å². The Morgan fingerprint density at radius 3 is 2.54 bits per heavy atom. The Morgan fingerprint density at radius 2 is 1.86 bits per heavy atom. The molecule has 0 unspecified atom stereocenters. The van der Waals surface area contributed by atoms with E-state index in [1.54, 1.807) is 18.2 Å². The second-order valence-electron chi connectivity index (χ2n) is 11.3. The van der Waals surface area contributed by atoms with Crippen LogP contribution in [0.15, 0.2) is 32.3 Å². The molecule has 1 amide bonds. The number of hydrogen-bond donors (Lipinski definition) is 1. The third kappa shape index (κ3) is 4.22. The van der Waals surface area contributed by atoms with Gasteiger partial charge in [0, 0.05) is 29.7 Å². The van der Waals surface area contributed by atoms with Gasteiger partial charge in [-0.25, -0.2) is 4.79 Å². The third-order valence-corrected chi connectivity index (χ3v) is 9.28. The fourth-order valence-corrected chi connectivity index (χ4v) is 6.80. The molecule has 1 N–H and O–H groups in total. The summed E-state index contributed by atoms with van der Waals surface area (Å²) < 4.78 is 6.25. The van der Waals surface area contributed by atoms with E-state index < -0.39 is 24.0 Å². The van der Waals surface area contributed by atoms with Crippen LogP contribution in [0.2, 0.25) is 0 Å². The van der Waals surface area contributed by atoms with Gasteiger partial charge in [0.25, 0.3) is 5.91 Å². The number of thioether (sulfide) groups is 1. The molecule has 5 rings (SSSR count). The van der Waals surface area contributed by atoms with Crippen molar-refractivity contribution in [3.63, 3.8) is 0 Å². The molecule has 1 saturated heterocycles. The molecule has 0 aliphatic carbocycles. The van der Waals surface area contributed by atoms with Crippen molar-refractivity contribution in [2.45, 2.75) is 58.3 Å². The highest BCUT2D eigenvalue weighted by molar-refractivity contribution is 8.26. The van der Waals surface area contributed by atoms with Crippen molar-refractivity contribution in [3.8, 4) is 0 Å². The van der Waals surface area contributed by atoms with E-state index in [1.165, 1.54) is 11.3 Å². The largest absolute Gasteiger partial charge is 0.480 e. The summed E-state index contributed by atoms with van der Waals surface area (Å²) >= 11 is 6.19. The van der Waals surface area contributed by atoms with Crippen LogP contribution in [0.3, 0.4) is 0 Å². The molecule has 0 radical (unpaired) electrons. The fraction of sp³-hybridized carbons (Fsp3) is 0.429. The fourth-order valence-electron chi connectivity index (χ4n) is 5.59. The topological polar surface area (TPSA) is 91.1 Å². The first-order chi connectivity index (χ1) is 17.3. The van der Waals surface area contributed by atoms with Crippen LogP contribution in [0.4, 0.5) is 5.69 Å². The van der Waals surface area contributed by atoms with Gasteiger partial charge in [0.15, 0.2) is 0 Å². The van der Waals surface area contributed by atoms with E-state index in [9.17, 15) is 14.4 Å². The number of rotatable bonds is 4. The summed E-state index contributed by atoms with van der Waals surface area (Å²) in [5.41, 5.74) is 5.03. The number of amides is 1. The summed E-state index contributed by atoms with van der Waals surface area (Å²) in [7, 11) is 0. The predicted octanol–water partition coefficient (Wildman–Crippen LogP) is 5.11. The average molecular weight is 539 g/mol. The van der Waals surface area contributed by atoms with Crippen molar-refractivity contribution in [1.29, 1.82) is 0 Å². The van der Waals surface area contributed by atoms with Crippen molar-refractivity contribution in [1.82, 2.24) is 4.90 Å². The number of anilines is 1. The molecular formula is C28H30N2O5S2. The lowest BCUT2D eigenvalue weighted by Gasteiger charge is -2.48. The van der Waals surface area contributed by atoms with Gasteiger partial charge in [-0.3, -0.25) is 14.5 Å². The Hall–Kier alpha value is -2.91. The lowest BCUT2D eigenvalue weighted by atomic mass is 9.69. The van der Waals surface area contributed by atoms with Crippen LogP contribution in [0.5, 0.6) is 0 Å². The SMILES string of the molecule is Cc1c(C=CC=C2SC(=S)N(CC(=O)O)C2=O)c(=O)oc2c3c4c(cc12)C(C)(C)CCN4CCC3(C)C. The van der Waals surface area contributed by atoms with Crippen LogP contribution < -0.4 is 10.5 Å². The first-order valence-corrected chi connectivity index (χ1v) is 13.6. The minimum Gasteiger partial charge on any atom is -0.480 e. The van der Waals surface area contributed by atoms with Crippen LogP contribution >= 0.6 is 24.0 Å². The quantitative estimate of drug-likeness (QED) is 0.326. The summed E-state index contributed by atoms with van der Waals surface area (Å²) in [6.07, 6.45) is 6.89. The summed E-state index contributed by atoms with van der Waals surface area (Å²) in [5, 5.41) is 9.95. The smallest absolute Gasteiger partial charge is 0.343 e. The number of carboxylic acid groups (broad SMARTS) is 1. The average Bonchev–Trinajstić information content (AvgIpc) is 3.06. The number of nitrogens with zero attached hydrogens (tertiary/aromatic N) is 2. The molecule has 3 aliphatic rings. The Bertz CT molecular complexity index is 1500. The minimum absolute atomic E-state index is 0.00545. The van der Waals surface area contributed by atoms with E-state index in [4.69, 9.17) is 21.7 Å². The maximum absolute atomic E-state index is 13.2. The third-order valence-electron chi connectivity index (χ3n) is 7.89. The van der Waals surface area contributed by atoms with E-state index in [-0.39, 0.29) is 15.2 Å². The molecule has 7 nitrogen and oxygen atoms in total. The van der Waals surface area contributed by atoms with Crippen molar-refractivity contribution >= 4 is 62.9 Å². The Kier molecular flexibility index (Phi) is 6.15. The molecule has 1 aromatic carbocycles. The normalized spacial score (nSPS) is 21.4. The van der Waals surface area contributed by atoms with Crippen molar-refractivity contribution in [3.05, 3.63) is 55.8 Å². The Balaban J connectivity index is 1.61. The number of carboxylic acids is 1. The molecule has 1 aromatic heterocycles. The zero-order chi connectivity index (χ0) is 26.9. The summed E-state index contributed by atoms with van der Waals surface area (Å²) in [6.45, 7) is 12.5. The highest BCUT2D eigenvalue weighted by atomic mass is 32.2. The number of benzene rings is 1. The molecule has 2 aromatic rings. The molecule has 0 atom stereocenters. The lowest BCUT2D eigenvalue weighted by Crippen LogP contribution is -2.44. The van der Waals surface area contributed by atoms with Gasteiger partial charge in [0.2, 0.25) is 0 Å². The van der Waals surface area contributed by atoms with E-state index in [0.29, 0.717) is 16.1 Å². The van der Waals surface area contributed by atoms with Gasteiger partial charge in [-0.05, 0) is 59.9 Å². The molecular weight excluding hydrogens is 508 g/mol. The summed E-state index contributed by atoms with van der Waals surface area (Å²) in [5.74, 6) is -1.59. The zero-order valence-corrected chi connectivity index (χ0v) is 23.3. The number of hydrogen-bond acceptors (Lipinski definition) is 7. The van der Waals surface area contributed by atoms with Gasteiger partial charge >= 0.3 is 11.6 Å². The second kappa shape index (κ2) is 8.84. The number of aliphatic carboxylic acids is 1. The standard InChI is InChI=1S/C28H30N2O5S2/c1-15-16(7-6-8-19-24(33)30(14-20(31)32)26(36)37-19)25(34)35-23-17(15)13-18-22-21(23)28(4,5)10-12-29(22)11-9-27(18,2)3/h6-8,13H,9-12,14H2,1-5H3,(H,31,32). The molecule has 37 heavy (non-hydrogen) atoms. The van der Waals surface area contributed by atoms with Crippen LogP contribution in [0.25, 0.3) is 17.0 Å². The van der Waals surface area contributed by atoms with Crippen LogP contribution in [-0.2, 0) is 20.4 Å². The number of aryl methyl sites for hydroxylation is 1. The number of allylic oxidation sites excluding steroid dienone is 2. The summed E-state index contributed by atoms with van der Waals surface area (Å²) in [6, 6.07) is 2.20. The van der Waals surface area contributed by atoms with E-state index >= 15 is 0 Å². The molecule has 3 aliphatic heterocycles. The van der Waals surface area contributed by atoms with Crippen molar-refractivity contribution in [2.75, 3.05) is 24.5 Å². The number of carbonyl (C=O) groups excluding carboxylic acids is 1. The van der Waals surface area contributed by atoms with Crippen LogP contribution in [0, 0.1) is 6.92 Å². The maximum atomic E-state index is 13.2. The Labute approximate surface area is 225 Å². The van der Waals surface area contributed by atoms with Crippen LogP contribution in [-0.4, -0.2) is 45.8 Å². The highest BCUT2D eigenvalue weighted by Gasteiger charge is 2.42. The monoisotopic (exact) mass is 538 g/mol. The van der Waals surface area contributed by atoms with Crippen LogP contribution in [0.1, 0.15) is 62.8 Å². The molecule has 4 heterocycles. The van der Waals surface area contributed by atoms with Gasteiger partial charge < -0.3 is 14.4 Å². The van der Waals surface area contributed by atoms with Gasteiger partial charge in [-0.1, -0.05) is 57.8 Å². The first-order valence-electron chi connectivity index (χ1n) is 12.4. The molecule has 0 spiro atoms. The maximum Gasteiger partial charge on any atom is 0.343 e. The van der Waals surface area contributed by atoms with Crippen molar-refractivity contribution < 1.29 is 19.1 Å². The van der Waals surface area contributed by atoms with Crippen molar-refractivity contribution in [2.24, 2.45) is 0 Å². The molecule has 9 heteroatoms. The Morgan fingerprint density at radius 1 is 1.19 bits per heavy atom. The zero-order valence-electron chi connectivity index (χ0n) is 21.6. The van der Waals surface area contributed by atoms with Gasteiger partial charge in [0.05, 0.1) is 10.5 Å². The molecule has 0 bridgehead atoms.